The van der Waals surface area contributed by atoms with E-state index in [0.717, 1.165) is 13.0 Å². The molecule has 15 heavy (non-hydrogen) atoms. The lowest BCUT2D eigenvalue weighted by Crippen LogP contribution is -1.99. The maximum Gasteiger partial charge on any atom is 0.185 e. The van der Waals surface area contributed by atoms with Crippen molar-refractivity contribution in [2.24, 2.45) is 0 Å². The molecule has 0 amide bonds. The molecule has 1 rings (SSSR count). The standard InChI is InChI=1S/C10H12ClN3S/c1-7(2)4-3-5-13-10-14-9(11)8(6-12)15-10/h4H,3,5H2,1-2H3,(H,13,14). The number of rotatable bonds is 4. The fourth-order valence-electron chi connectivity index (χ4n) is 0.986. The summed E-state index contributed by atoms with van der Waals surface area (Å²) in [5, 5.41) is 12.8. The van der Waals surface area contributed by atoms with Crippen LogP contribution in [0.15, 0.2) is 11.6 Å². The van der Waals surface area contributed by atoms with Crippen molar-refractivity contribution >= 4 is 28.1 Å². The van der Waals surface area contributed by atoms with E-state index in [2.05, 4.69) is 30.2 Å². The first-order chi connectivity index (χ1) is 7.13. The van der Waals surface area contributed by atoms with E-state index in [0.29, 0.717) is 10.0 Å². The van der Waals surface area contributed by atoms with Gasteiger partial charge < -0.3 is 5.32 Å². The van der Waals surface area contributed by atoms with E-state index in [1.165, 1.54) is 16.9 Å². The minimum Gasteiger partial charge on any atom is -0.361 e. The van der Waals surface area contributed by atoms with Crippen molar-refractivity contribution in [1.82, 2.24) is 4.98 Å². The summed E-state index contributed by atoms with van der Waals surface area (Å²) in [6, 6.07) is 2.00. The Morgan fingerprint density at radius 1 is 1.67 bits per heavy atom. The van der Waals surface area contributed by atoms with Crippen molar-refractivity contribution in [3.63, 3.8) is 0 Å². The van der Waals surface area contributed by atoms with Crippen LogP contribution in [0.5, 0.6) is 0 Å². The number of allylic oxidation sites excluding steroid dienone is 1. The average molecular weight is 242 g/mol. The van der Waals surface area contributed by atoms with Crippen LogP contribution in [0.4, 0.5) is 5.13 Å². The summed E-state index contributed by atoms with van der Waals surface area (Å²) < 4.78 is 0. The summed E-state index contributed by atoms with van der Waals surface area (Å²) >= 11 is 7.02. The molecule has 0 saturated carbocycles. The number of thiazole rings is 1. The quantitative estimate of drug-likeness (QED) is 0.649. The Labute approximate surface area is 98.4 Å². The lowest BCUT2D eigenvalue weighted by atomic mass is 10.3. The molecule has 0 aromatic carbocycles. The van der Waals surface area contributed by atoms with Gasteiger partial charge in [-0.2, -0.15) is 5.26 Å². The van der Waals surface area contributed by atoms with Gasteiger partial charge in [-0.05, 0) is 20.3 Å². The van der Waals surface area contributed by atoms with Crippen molar-refractivity contribution in [2.75, 3.05) is 11.9 Å². The summed E-state index contributed by atoms with van der Waals surface area (Å²) in [5.41, 5.74) is 1.30. The molecule has 0 aliphatic rings. The number of nitrogens with zero attached hydrogens (tertiary/aromatic N) is 2. The van der Waals surface area contributed by atoms with Gasteiger partial charge in [-0.15, -0.1) is 0 Å². The molecule has 0 atom stereocenters. The third-order valence-electron chi connectivity index (χ3n) is 1.66. The second kappa shape index (κ2) is 5.74. The zero-order valence-electron chi connectivity index (χ0n) is 8.67. The van der Waals surface area contributed by atoms with Crippen LogP contribution in [-0.4, -0.2) is 11.5 Å². The minimum atomic E-state index is 0.284. The monoisotopic (exact) mass is 241 g/mol. The topological polar surface area (TPSA) is 48.7 Å². The predicted octanol–water partition coefficient (Wildman–Crippen LogP) is 3.44. The second-order valence-electron chi connectivity index (χ2n) is 3.25. The number of hydrogen-bond acceptors (Lipinski definition) is 4. The lowest BCUT2D eigenvalue weighted by molar-refractivity contribution is 1.04. The van der Waals surface area contributed by atoms with Gasteiger partial charge in [0.2, 0.25) is 0 Å². The molecule has 3 nitrogen and oxygen atoms in total. The highest BCUT2D eigenvalue weighted by Gasteiger charge is 2.07. The fourth-order valence-corrected chi connectivity index (χ4v) is 1.96. The molecule has 0 bridgehead atoms. The number of nitrogens with one attached hydrogen (secondary N) is 1. The zero-order valence-corrected chi connectivity index (χ0v) is 10.2. The molecule has 80 valence electrons. The molecule has 1 N–H and O–H groups in total. The van der Waals surface area contributed by atoms with Crippen LogP contribution in [0.3, 0.4) is 0 Å². The van der Waals surface area contributed by atoms with Crippen molar-refractivity contribution in [3.8, 4) is 6.07 Å². The molecule has 1 aromatic heterocycles. The van der Waals surface area contributed by atoms with E-state index in [1.54, 1.807) is 0 Å². The molecular formula is C10H12ClN3S. The van der Waals surface area contributed by atoms with Gasteiger partial charge in [0, 0.05) is 6.54 Å². The Hall–Kier alpha value is -1.05. The normalized spacial score (nSPS) is 9.47. The Morgan fingerprint density at radius 3 is 2.93 bits per heavy atom. The average Bonchev–Trinajstić information content (AvgIpc) is 2.53. The molecule has 0 spiro atoms. The molecule has 0 radical (unpaired) electrons. The van der Waals surface area contributed by atoms with Gasteiger partial charge in [-0.25, -0.2) is 4.98 Å². The summed E-state index contributed by atoms with van der Waals surface area (Å²) in [6.45, 7) is 4.93. The number of anilines is 1. The summed E-state index contributed by atoms with van der Waals surface area (Å²) in [6.07, 6.45) is 3.09. The highest BCUT2D eigenvalue weighted by atomic mass is 35.5. The van der Waals surface area contributed by atoms with Crippen molar-refractivity contribution in [3.05, 3.63) is 21.7 Å². The summed E-state index contributed by atoms with van der Waals surface area (Å²) in [7, 11) is 0. The van der Waals surface area contributed by atoms with E-state index in [1.807, 2.05) is 6.07 Å². The van der Waals surface area contributed by atoms with E-state index in [4.69, 9.17) is 16.9 Å². The van der Waals surface area contributed by atoms with E-state index >= 15 is 0 Å². The van der Waals surface area contributed by atoms with E-state index < -0.39 is 0 Å². The van der Waals surface area contributed by atoms with E-state index in [9.17, 15) is 0 Å². The molecule has 0 aliphatic heterocycles. The highest BCUT2D eigenvalue weighted by Crippen LogP contribution is 2.25. The maximum absolute atomic E-state index is 8.67. The number of nitriles is 1. The van der Waals surface area contributed by atoms with Gasteiger partial charge in [0.05, 0.1) is 0 Å². The van der Waals surface area contributed by atoms with Crippen molar-refractivity contribution < 1.29 is 0 Å². The van der Waals surface area contributed by atoms with Gasteiger partial charge in [-0.3, -0.25) is 0 Å². The fraction of sp³-hybridized carbons (Fsp3) is 0.400. The van der Waals surface area contributed by atoms with Gasteiger partial charge in [0.25, 0.3) is 0 Å². The molecular weight excluding hydrogens is 230 g/mol. The molecule has 0 saturated heterocycles. The minimum absolute atomic E-state index is 0.284. The van der Waals surface area contributed by atoms with Crippen LogP contribution in [0.2, 0.25) is 5.15 Å². The van der Waals surface area contributed by atoms with Crippen LogP contribution in [-0.2, 0) is 0 Å². The zero-order chi connectivity index (χ0) is 11.3. The van der Waals surface area contributed by atoms with Gasteiger partial charge in [0.1, 0.15) is 10.9 Å². The van der Waals surface area contributed by atoms with Crippen LogP contribution in [0.25, 0.3) is 0 Å². The maximum atomic E-state index is 8.67. The number of aromatic nitrogens is 1. The molecule has 1 aromatic rings. The summed E-state index contributed by atoms with van der Waals surface area (Å²) in [4.78, 5) is 4.49. The lowest BCUT2D eigenvalue weighted by Gasteiger charge is -1.98. The third-order valence-corrected chi connectivity index (χ3v) is 2.96. The summed E-state index contributed by atoms with van der Waals surface area (Å²) in [5.74, 6) is 0. The molecule has 5 heteroatoms. The Balaban J connectivity index is 2.45. The Bertz CT molecular complexity index is 399. The van der Waals surface area contributed by atoms with E-state index in [-0.39, 0.29) is 5.15 Å². The molecule has 0 unspecified atom stereocenters. The molecule has 0 fully saturated rings. The van der Waals surface area contributed by atoms with Crippen molar-refractivity contribution in [2.45, 2.75) is 20.3 Å². The first kappa shape index (κ1) is 12.0. The van der Waals surface area contributed by atoms with Crippen LogP contribution in [0, 0.1) is 11.3 Å². The molecule has 1 heterocycles. The largest absolute Gasteiger partial charge is 0.361 e. The van der Waals surface area contributed by atoms with Gasteiger partial charge in [-0.1, -0.05) is 34.6 Å². The Morgan fingerprint density at radius 2 is 2.40 bits per heavy atom. The molecule has 0 aliphatic carbocycles. The van der Waals surface area contributed by atoms with Gasteiger partial charge in [0.15, 0.2) is 10.3 Å². The smallest absolute Gasteiger partial charge is 0.185 e. The first-order valence-electron chi connectivity index (χ1n) is 4.57. The first-order valence-corrected chi connectivity index (χ1v) is 5.76. The van der Waals surface area contributed by atoms with Crippen molar-refractivity contribution in [1.29, 1.82) is 5.26 Å². The highest BCUT2D eigenvalue weighted by molar-refractivity contribution is 7.16. The second-order valence-corrected chi connectivity index (χ2v) is 4.60. The SMILES string of the molecule is CC(C)=CCCNc1nc(Cl)c(C#N)s1. The number of hydrogen-bond donors (Lipinski definition) is 1. The Kier molecular flexibility index (Phi) is 4.60. The van der Waals surface area contributed by atoms with Crippen LogP contribution in [0.1, 0.15) is 25.1 Å². The van der Waals surface area contributed by atoms with Gasteiger partial charge >= 0.3 is 0 Å². The predicted molar refractivity (Wildman–Crippen MR) is 64.4 cm³/mol. The van der Waals surface area contributed by atoms with Crippen LogP contribution >= 0.6 is 22.9 Å². The van der Waals surface area contributed by atoms with Crippen LogP contribution < -0.4 is 5.32 Å². The third kappa shape index (κ3) is 3.90. The number of halogens is 1.